The standard InChI is InChI=1S/C25H23N5O3S/c1-16-8-3-4-10-19(16)23-27-28-25(30(23)14-18-9-7-13-33-18)34-17(2)24(32)29-15-22(31)26-20-11-5-6-12-21(20)29/h3-13,17H,14-15H2,1-2H3,(H,26,31). The summed E-state index contributed by atoms with van der Waals surface area (Å²) < 4.78 is 7.54. The summed E-state index contributed by atoms with van der Waals surface area (Å²) in [7, 11) is 0. The van der Waals surface area contributed by atoms with Crippen LogP contribution in [-0.4, -0.2) is 38.4 Å². The van der Waals surface area contributed by atoms with E-state index in [4.69, 9.17) is 4.42 Å². The third kappa shape index (κ3) is 4.22. The van der Waals surface area contributed by atoms with Crippen LogP contribution < -0.4 is 10.2 Å². The second-order valence-corrected chi connectivity index (χ2v) is 9.34. The van der Waals surface area contributed by atoms with Crippen molar-refractivity contribution in [1.82, 2.24) is 14.8 Å². The molecule has 9 heteroatoms. The number of carbonyl (C=O) groups is 2. The lowest BCUT2D eigenvalue weighted by molar-refractivity contribution is -0.121. The summed E-state index contributed by atoms with van der Waals surface area (Å²) in [4.78, 5) is 27.1. The van der Waals surface area contributed by atoms with Gasteiger partial charge in [0.2, 0.25) is 11.8 Å². The van der Waals surface area contributed by atoms with Crippen LogP contribution in [-0.2, 0) is 16.1 Å². The average Bonchev–Trinajstić information content (AvgIpc) is 3.49. The van der Waals surface area contributed by atoms with E-state index in [9.17, 15) is 9.59 Å². The van der Waals surface area contributed by atoms with Crippen molar-refractivity contribution in [3.05, 3.63) is 78.3 Å². The van der Waals surface area contributed by atoms with Gasteiger partial charge >= 0.3 is 0 Å². The van der Waals surface area contributed by atoms with Gasteiger partial charge in [-0.25, -0.2) is 0 Å². The van der Waals surface area contributed by atoms with Gasteiger partial charge in [-0.05, 0) is 43.7 Å². The fourth-order valence-corrected chi connectivity index (χ4v) is 4.87. The predicted octanol–water partition coefficient (Wildman–Crippen LogP) is 4.36. The molecular weight excluding hydrogens is 450 g/mol. The van der Waals surface area contributed by atoms with Crippen molar-refractivity contribution in [2.75, 3.05) is 16.8 Å². The number of rotatable bonds is 6. The lowest BCUT2D eigenvalue weighted by Crippen LogP contribution is -2.45. The molecule has 4 aromatic rings. The van der Waals surface area contributed by atoms with Crippen LogP contribution in [0.5, 0.6) is 0 Å². The fourth-order valence-electron chi connectivity index (χ4n) is 3.96. The number of amides is 2. The highest BCUT2D eigenvalue weighted by Crippen LogP contribution is 2.33. The molecule has 1 unspecified atom stereocenters. The second kappa shape index (κ2) is 9.18. The maximum Gasteiger partial charge on any atom is 0.244 e. The van der Waals surface area contributed by atoms with E-state index >= 15 is 0 Å². The van der Waals surface area contributed by atoms with Crippen molar-refractivity contribution in [2.24, 2.45) is 0 Å². The molecule has 1 N–H and O–H groups in total. The Morgan fingerprint density at radius 1 is 1.12 bits per heavy atom. The highest BCUT2D eigenvalue weighted by atomic mass is 32.2. The molecule has 0 aliphatic carbocycles. The average molecular weight is 474 g/mol. The quantitative estimate of drug-likeness (QED) is 0.418. The molecule has 2 aromatic carbocycles. The van der Waals surface area contributed by atoms with Gasteiger partial charge in [0, 0.05) is 5.56 Å². The number of nitrogens with zero attached hydrogens (tertiary/aromatic N) is 4. The zero-order valence-electron chi connectivity index (χ0n) is 18.8. The maximum absolute atomic E-state index is 13.4. The van der Waals surface area contributed by atoms with Crippen LogP contribution in [0.2, 0.25) is 0 Å². The molecule has 1 atom stereocenters. The van der Waals surface area contributed by atoms with Crippen LogP contribution in [0.1, 0.15) is 18.2 Å². The molecule has 34 heavy (non-hydrogen) atoms. The maximum atomic E-state index is 13.4. The van der Waals surface area contributed by atoms with Gasteiger partial charge in [-0.3, -0.25) is 19.1 Å². The van der Waals surface area contributed by atoms with Crippen molar-refractivity contribution < 1.29 is 14.0 Å². The molecule has 0 saturated carbocycles. The van der Waals surface area contributed by atoms with Gasteiger partial charge in [-0.2, -0.15) is 0 Å². The van der Waals surface area contributed by atoms with E-state index in [-0.39, 0.29) is 18.4 Å². The fraction of sp³-hybridized carbons (Fsp3) is 0.200. The molecule has 0 fully saturated rings. The summed E-state index contributed by atoms with van der Waals surface area (Å²) in [6, 6.07) is 19.0. The van der Waals surface area contributed by atoms with Gasteiger partial charge in [-0.15, -0.1) is 10.2 Å². The molecule has 0 bridgehead atoms. The number of furan rings is 1. The summed E-state index contributed by atoms with van der Waals surface area (Å²) in [5, 5.41) is 11.8. The summed E-state index contributed by atoms with van der Waals surface area (Å²) in [6.07, 6.45) is 1.63. The van der Waals surface area contributed by atoms with Crippen molar-refractivity contribution >= 4 is 35.0 Å². The highest BCUT2D eigenvalue weighted by Gasteiger charge is 2.31. The third-order valence-corrected chi connectivity index (χ3v) is 6.73. The van der Waals surface area contributed by atoms with Gasteiger partial charge in [0.25, 0.3) is 0 Å². The predicted molar refractivity (Wildman–Crippen MR) is 131 cm³/mol. The molecule has 1 aliphatic heterocycles. The van der Waals surface area contributed by atoms with E-state index in [1.807, 2.05) is 73.0 Å². The van der Waals surface area contributed by atoms with E-state index < -0.39 is 5.25 Å². The van der Waals surface area contributed by atoms with Crippen LogP contribution in [0.15, 0.2) is 76.5 Å². The van der Waals surface area contributed by atoms with Crippen LogP contribution in [0.25, 0.3) is 11.4 Å². The van der Waals surface area contributed by atoms with Crippen LogP contribution in [0, 0.1) is 6.92 Å². The first kappa shape index (κ1) is 22.0. The van der Waals surface area contributed by atoms with Crippen LogP contribution >= 0.6 is 11.8 Å². The lowest BCUT2D eigenvalue weighted by atomic mass is 10.1. The summed E-state index contributed by atoms with van der Waals surface area (Å²) in [5.41, 5.74) is 3.37. The van der Waals surface area contributed by atoms with Crippen LogP contribution in [0.3, 0.4) is 0 Å². The number of aromatic nitrogens is 3. The Labute approximate surface area is 201 Å². The first-order valence-corrected chi connectivity index (χ1v) is 11.8. The number of nitrogens with one attached hydrogen (secondary N) is 1. The molecule has 0 radical (unpaired) electrons. The Hall–Kier alpha value is -3.85. The van der Waals surface area contributed by atoms with Crippen molar-refractivity contribution in [3.8, 4) is 11.4 Å². The number of hydrogen-bond donors (Lipinski definition) is 1. The van der Waals surface area contributed by atoms with E-state index in [0.717, 1.165) is 16.9 Å². The summed E-state index contributed by atoms with van der Waals surface area (Å²) >= 11 is 1.32. The Bertz CT molecular complexity index is 1350. The number of fused-ring (bicyclic) bond motifs is 1. The Morgan fingerprint density at radius 2 is 1.91 bits per heavy atom. The first-order chi connectivity index (χ1) is 16.5. The minimum atomic E-state index is -0.497. The Morgan fingerprint density at radius 3 is 2.71 bits per heavy atom. The molecule has 5 rings (SSSR count). The minimum absolute atomic E-state index is 0.0196. The van der Waals surface area contributed by atoms with E-state index in [0.29, 0.717) is 28.9 Å². The molecule has 172 valence electrons. The number of para-hydroxylation sites is 2. The minimum Gasteiger partial charge on any atom is -0.467 e. The molecule has 2 amide bonds. The van der Waals surface area contributed by atoms with Gasteiger partial charge in [-0.1, -0.05) is 48.2 Å². The van der Waals surface area contributed by atoms with Gasteiger partial charge < -0.3 is 9.73 Å². The molecule has 0 saturated heterocycles. The van der Waals surface area contributed by atoms with Gasteiger partial charge in [0.05, 0.1) is 29.4 Å². The largest absolute Gasteiger partial charge is 0.467 e. The molecule has 0 spiro atoms. The molecule has 8 nitrogen and oxygen atoms in total. The van der Waals surface area contributed by atoms with Gasteiger partial charge in [0.15, 0.2) is 11.0 Å². The number of benzene rings is 2. The molecule has 2 aromatic heterocycles. The van der Waals surface area contributed by atoms with Crippen molar-refractivity contribution in [2.45, 2.75) is 30.8 Å². The zero-order chi connectivity index (χ0) is 23.7. The molecule has 3 heterocycles. The summed E-state index contributed by atoms with van der Waals surface area (Å²) in [6.45, 7) is 4.26. The highest BCUT2D eigenvalue weighted by molar-refractivity contribution is 8.00. The molecular formula is C25H23N5O3S. The molecule has 1 aliphatic rings. The monoisotopic (exact) mass is 473 g/mol. The number of aryl methyl sites for hydroxylation is 1. The topological polar surface area (TPSA) is 93.3 Å². The van der Waals surface area contributed by atoms with E-state index in [2.05, 4.69) is 15.5 Å². The third-order valence-electron chi connectivity index (χ3n) is 5.66. The van der Waals surface area contributed by atoms with Gasteiger partial charge in [0.1, 0.15) is 12.3 Å². The van der Waals surface area contributed by atoms with Crippen LogP contribution in [0.4, 0.5) is 11.4 Å². The summed E-state index contributed by atoms with van der Waals surface area (Å²) in [5.74, 6) is 1.08. The lowest BCUT2D eigenvalue weighted by Gasteiger charge is -2.30. The Kier molecular flexibility index (Phi) is 5.93. The normalized spacial score (nSPS) is 13.9. The second-order valence-electron chi connectivity index (χ2n) is 8.04. The van der Waals surface area contributed by atoms with E-state index in [1.54, 1.807) is 12.3 Å². The smallest absolute Gasteiger partial charge is 0.244 e. The number of hydrogen-bond acceptors (Lipinski definition) is 6. The van der Waals surface area contributed by atoms with E-state index in [1.165, 1.54) is 16.7 Å². The van der Waals surface area contributed by atoms with Crippen molar-refractivity contribution in [3.63, 3.8) is 0 Å². The SMILES string of the molecule is Cc1ccccc1-c1nnc(SC(C)C(=O)N2CC(=O)Nc3ccccc32)n1Cc1ccco1. The van der Waals surface area contributed by atoms with Crippen molar-refractivity contribution in [1.29, 1.82) is 0 Å². The number of thioether (sulfide) groups is 1. The number of carbonyl (C=O) groups excluding carboxylic acids is 2. The first-order valence-electron chi connectivity index (χ1n) is 10.9. The zero-order valence-corrected chi connectivity index (χ0v) is 19.6. The number of anilines is 2. The Balaban J connectivity index is 1.46.